The van der Waals surface area contributed by atoms with Crippen LogP contribution in [0.4, 0.5) is 0 Å². The normalized spacial score (nSPS) is 11.4. The number of aromatic nitrogens is 2. The monoisotopic (exact) mass is 395 g/mol. The van der Waals surface area contributed by atoms with E-state index < -0.39 is 27.2 Å². The van der Waals surface area contributed by atoms with Crippen LogP contribution in [0.1, 0.15) is 28.5 Å². The average molecular weight is 395 g/mol. The molecule has 0 fully saturated rings. The van der Waals surface area contributed by atoms with E-state index in [9.17, 15) is 22.8 Å². The van der Waals surface area contributed by atoms with Gasteiger partial charge in [0.25, 0.3) is 5.56 Å². The van der Waals surface area contributed by atoms with Gasteiger partial charge < -0.3 is 4.74 Å². The Hall–Kier alpha value is -2.72. The SMILES string of the molecule is CCNS(=O)(=O)c1ccc(C)c(C(=O)OCc2cc(=O)n(C)c(=O)n2C)c1. The number of hydrogen-bond donors (Lipinski definition) is 1. The Bertz CT molecular complexity index is 1100. The molecule has 0 atom stereocenters. The van der Waals surface area contributed by atoms with Crippen molar-refractivity contribution < 1.29 is 17.9 Å². The Labute approximate surface area is 156 Å². The van der Waals surface area contributed by atoms with Gasteiger partial charge in [-0.05, 0) is 24.6 Å². The number of sulfonamides is 1. The smallest absolute Gasteiger partial charge is 0.338 e. The van der Waals surface area contributed by atoms with Crippen LogP contribution in [0.15, 0.2) is 38.8 Å². The molecule has 0 amide bonds. The van der Waals surface area contributed by atoms with E-state index in [2.05, 4.69) is 4.72 Å². The Morgan fingerprint density at radius 1 is 1.15 bits per heavy atom. The fourth-order valence-electron chi connectivity index (χ4n) is 2.40. The van der Waals surface area contributed by atoms with Crippen molar-refractivity contribution in [2.24, 2.45) is 14.1 Å². The van der Waals surface area contributed by atoms with Gasteiger partial charge in [-0.1, -0.05) is 13.0 Å². The summed E-state index contributed by atoms with van der Waals surface area (Å²) in [6.07, 6.45) is 0. The average Bonchev–Trinajstić information content (AvgIpc) is 2.61. The van der Waals surface area contributed by atoms with Crippen molar-refractivity contribution in [3.63, 3.8) is 0 Å². The predicted molar refractivity (Wildman–Crippen MR) is 98.1 cm³/mol. The molecule has 0 unspecified atom stereocenters. The van der Waals surface area contributed by atoms with Gasteiger partial charge in [0.05, 0.1) is 16.2 Å². The number of carbonyl (C=O) groups excluding carboxylic acids is 1. The minimum absolute atomic E-state index is 0.0529. The molecule has 0 aliphatic heterocycles. The lowest BCUT2D eigenvalue weighted by Crippen LogP contribution is -2.38. The third-order valence-electron chi connectivity index (χ3n) is 4.05. The molecular formula is C17H21N3O6S. The van der Waals surface area contributed by atoms with E-state index in [0.29, 0.717) is 5.56 Å². The number of benzene rings is 1. The minimum Gasteiger partial charge on any atom is -0.456 e. The van der Waals surface area contributed by atoms with Gasteiger partial charge in [0.1, 0.15) is 6.61 Å². The fourth-order valence-corrected chi connectivity index (χ4v) is 3.46. The summed E-state index contributed by atoms with van der Waals surface area (Å²) in [7, 11) is -0.915. The second-order valence-corrected chi connectivity index (χ2v) is 7.70. The van der Waals surface area contributed by atoms with Crippen molar-refractivity contribution >= 4 is 16.0 Å². The lowest BCUT2D eigenvalue weighted by Gasteiger charge is -2.12. The Morgan fingerprint density at radius 3 is 2.44 bits per heavy atom. The number of rotatable bonds is 6. The third kappa shape index (κ3) is 4.34. The molecule has 1 aromatic heterocycles. The number of nitrogens with one attached hydrogen (secondary N) is 1. The third-order valence-corrected chi connectivity index (χ3v) is 5.59. The zero-order valence-corrected chi connectivity index (χ0v) is 16.3. The van der Waals surface area contributed by atoms with Gasteiger partial charge in [0, 0.05) is 26.7 Å². The van der Waals surface area contributed by atoms with Gasteiger partial charge in [0.2, 0.25) is 10.0 Å². The number of ether oxygens (including phenoxy) is 1. The van der Waals surface area contributed by atoms with Crippen LogP contribution in [0.5, 0.6) is 0 Å². The number of hydrogen-bond acceptors (Lipinski definition) is 6. The van der Waals surface area contributed by atoms with Gasteiger partial charge in [0.15, 0.2) is 0 Å². The molecule has 0 spiro atoms. The van der Waals surface area contributed by atoms with Crippen LogP contribution < -0.4 is 16.0 Å². The maximum absolute atomic E-state index is 12.4. The Balaban J connectivity index is 2.30. The standard InChI is InChI=1S/C17H21N3O6S/c1-5-18-27(24,25)13-7-6-11(2)14(9-13)16(22)26-10-12-8-15(21)20(4)17(23)19(12)3/h6-9,18H,5,10H2,1-4H3. The van der Waals surface area contributed by atoms with Crippen molar-refractivity contribution in [3.8, 4) is 0 Å². The molecule has 9 nitrogen and oxygen atoms in total. The first-order valence-electron chi connectivity index (χ1n) is 8.12. The fraction of sp³-hybridized carbons (Fsp3) is 0.353. The van der Waals surface area contributed by atoms with E-state index in [1.165, 1.54) is 42.9 Å². The van der Waals surface area contributed by atoms with Crippen LogP contribution in [-0.2, 0) is 35.5 Å². The summed E-state index contributed by atoms with van der Waals surface area (Å²) < 4.78 is 33.9. The number of esters is 1. The predicted octanol–water partition coefficient (Wildman–Crippen LogP) is 0.0476. The van der Waals surface area contributed by atoms with E-state index >= 15 is 0 Å². The molecule has 2 rings (SSSR count). The van der Waals surface area contributed by atoms with E-state index in [-0.39, 0.29) is 29.3 Å². The summed E-state index contributed by atoms with van der Waals surface area (Å²) >= 11 is 0. The van der Waals surface area contributed by atoms with Gasteiger partial charge in [-0.25, -0.2) is 22.7 Å². The molecule has 1 aromatic carbocycles. The number of carbonyl (C=O) groups is 1. The maximum atomic E-state index is 12.4. The molecule has 0 saturated carbocycles. The molecule has 2 aromatic rings. The highest BCUT2D eigenvalue weighted by atomic mass is 32.2. The summed E-state index contributed by atoms with van der Waals surface area (Å²) in [6.45, 7) is 3.21. The molecule has 0 radical (unpaired) electrons. The lowest BCUT2D eigenvalue weighted by molar-refractivity contribution is 0.0461. The highest BCUT2D eigenvalue weighted by molar-refractivity contribution is 7.89. The molecule has 27 heavy (non-hydrogen) atoms. The molecule has 1 N–H and O–H groups in total. The summed E-state index contributed by atoms with van der Waals surface area (Å²) in [4.78, 5) is 36.0. The minimum atomic E-state index is -3.72. The van der Waals surface area contributed by atoms with Crippen LogP contribution in [0.3, 0.4) is 0 Å². The zero-order valence-electron chi connectivity index (χ0n) is 15.5. The Morgan fingerprint density at radius 2 is 1.81 bits per heavy atom. The van der Waals surface area contributed by atoms with Crippen LogP contribution in [0.25, 0.3) is 0 Å². The molecular weight excluding hydrogens is 374 g/mol. The first-order valence-corrected chi connectivity index (χ1v) is 9.60. The molecule has 0 aliphatic carbocycles. The molecule has 0 bridgehead atoms. The maximum Gasteiger partial charge on any atom is 0.338 e. The van der Waals surface area contributed by atoms with Crippen LogP contribution in [0, 0.1) is 6.92 Å². The molecule has 10 heteroatoms. The summed E-state index contributed by atoms with van der Waals surface area (Å²) in [5, 5.41) is 0. The van der Waals surface area contributed by atoms with E-state index in [0.717, 1.165) is 4.57 Å². The molecule has 0 aliphatic rings. The zero-order chi connectivity index (χ0) is 20.4. The first-order chi connectivity index (χ1) is 12.6. The van der Waals surface area contributed by atoms with E-state index in [4.69, 9.17) is 4.74 Å². The van der Waals surface area contributed by atoms with E-state index in [1.54, 1.807) is 13.8 Å². The summed E-state index contributed by atoms with van der Waals surface area (Å²) in [6, 6.07) is 5.34. The summed E-state index contributed by atoms with van der Waals surface area (Å²) in [5.74, 6) is -0.755. The van der Waals surface area contributed by atoms with Gasteiger partial charge in [-0.3, -0.25) is 13.9 Å². The second-order valence-electron chi connectivity index (χ2n) is 5.93. The van der Waals surface area contributed by atoms with Gasteiger partial charge >= 0.3 is 11.7 Å². The second kappa shape index (κ2) is 7.89. The molecule has 146 valence electrons. The topological polar surface area (TPSA) is 116 Å². The Kier molecular flexibility index (Phi) is 6.01. The number of aryl methyl sites for hydroxylation is 1. The van der Waals surface area contributed by atoms with Crippen LogP contribution in [-0.4, -0.2) is 30.1 Å². The molecule has 1 heterocycles. The highest BCUT2D eigenvalue weighted by Crippen LogP contribution is 2.17. The summed E-state index contributed by atoms with van der Waals surface area (Å²) in [5.41, 5.74) is -0.204. The number of nitrogens with zero attached hydrogens (tertiary/aromatic N) is 2. The van der Waals surface area contributed by atoms with Crippen molar-refractivity contribution in [3.05, 3.63) is 61.9 Å². The van der Waals surface area contributed by atoms with Crippen molar-refractivity contribution in [2.45, 2.75) is 25.3 Å². The first kappa shape index (κ1) is 20.6. The quantitative estimate of drug-likeness (QED) is 0.691. The van der Waals surface area contributed by atoms with Gasteiger partial charge in [-0.15, -0.1) is 0 Å². The highest BCUT2D eigenvalue weighted by Gasteiger charge is 2.18. The van der Waals surface area contributed by atoms with Crippen LogP contribution in [0.2, 0.25) is 0 Å². The van der Waals surface area contributed by atoms with Crippen LogP contribution >= 0.6 is 0 Å². The largest absolute Gasteiger partial charge is 0.456 e. The van der Waals surface area contributed by atoms with Gasteiger partial charge in [-0.2, -0.15) is 0 Å². The van der Waals surface area contributed by atoms with Crippen molar-refractivity contribution in [2.75, 3.05) is 6.54 Å². The van der Waals surface area contributed by atoms with Crippen molar-refractivity contribution in [1.82, 2.24) is 13.9 Å². The van der Waals surface area contributed by atoms with Crippen molar-refractivity contribution in [1.29, 1.82) is 0 Å². The molecule has 0 saturated heterocycles. The lowest BCUT2D eigenvalue weighted by atomic mass is 10.1. The van der Waals surface area contributed by atoms with E-state index in [1.807, 2.05) is 0 Å².